The van der Waals surface area contributed by atoms with Crippen molar-refractivity contribution in [1.29, 1.82) is 0 Å². The zero-order chi connectivity index (χ0) is 14.5. The fourth-order valence-electron chi connectivity index (χ4n) is 1.56. The molecule has 1 amide bonds. The third-order valence-electron chi connectivity index (χ3n) is 2.46. The molecule has 2 aromatic rings. The molecule has 4 nitrogen and oxygen atoms in total. The first kappa shape index (κ1) is 14.6. The summed E-state index contributed by atoms with van der Waals surface area (Å²) in [5.41, 5.74) is 0.741. The zero-order valence-corrected chi connectivity index (χ0v) is 12.6. The lowest BCUT2D eigenvalue weighted by molar-refractivity contribution is -0.111. The number of nitrogens with zero attached hydrogens (tertiary/aromatic N) is 1. The van der Waals surface area contributed by atoms with Crippen molar-refractivity contribution >= 4 is 40.1 Å². The van der Waals surface area contributed by atoms with Crippen LogP contribution in [0.2, 0.25) is 5.02 Å². The van der Waals surface area contributed by atoms with E-state index in [2.05, 4.69) is 10.3 Å². The number of hydrogen-bond donors (Lipinski definition) is 1. The molecule has 0 spiro atoms. The fraction of sp³-hybridized carbons (Fsp3) is 0.143. The minimum atomic E-state index is -0.249. The normalized spacial score (nSPS) is 10.8. The monoisotopic (exact) mass is 308 g/mol. The molecule has 0 bridgehead atoms. The van der Waals surface area contributed by atoms with Crippen molar-refractivity contribution in [1.82, 2.24) is 4.98 Å². The van der Waals surface area contributed by atoms with E-state index < -0.39 is 0 Å². The molecule has 1 heterocycles. The van der Waals surface area contributed by atoms with E-state index in [1.807, 2.05) is 6.92 Å². The molecule has 6 heteroatoms. The molecule has 20 heavy (non-hydrogen) atoms. The van der Waals surface area contributed by atoms with Crippen molar-refractivity contribution in [2.45, 2.75) is 6.92 Å². The molecule has 0 saturated carbocycles. The Bertz CT molecular complexity index is 652. The summed E-state index contributed by atoms with van der Waals surface area (Å²) in [6, 6.07) is 5.22. The molecule has 0 aliphatic rings. The summed E-state index contributed by atoms with van der Waals surface area (Å²) in [4.78, 5) is 16.9. The van der Waals surface area contributed by atoms with E-state index in [1.165, 1.54) is 17.4 Å². The molecule has 2 rings (SSSR count). The molecule has 1 aromatic heterocycles. The van der Waals surface area contributed by atoms with Crippen LogP contribution in [0.25, 0.3) is 6.08 Å². The summed E-state index contributed by atoms with van der Waals surface area (Å²) in [5.74, 6) is 0.407. The average Bonchev–Trinajstić information content (AvgIpc) is 2.82. The van der Waals surface area contributed by atoms with Gasteiger partial charge in [0, 0.05) is 27.7 Å². The zero-order valence-electron chi connectivity index (χ0n) is 11.0. The van der Waals surface area contributed by atoms with E-state index in [9.17, 15) is 4.79 Å². The van der Waals surface area contributed by atoms with Crippen molar-refractivity contribution < 1.29 is 9.53 Å². The van der Waals surface area contributed by atoms with Gasteiger partial charge in [-0.15, -0.1) is 11.3 Å². The molecule has 1 aromatic carbocycles. The number of benzene rings is 1. The van der Waals surface area contributed by atoms with Gasteiger partial charge in [0.1, 0.15) is 5.75 Å². The van der Waals surface area contributed by atoms with Crippen molar-refractivity contribution in [2.75, 3.05) is 12.4 Å². The van der Waals surface area contributed by atoms with Gasteiger partial charge < -0.3 is 4.74 Å². The average molecular weight is 309 g/mol. The number of halogens is 1. The van der Waals surface area contributed by atoms with Crippen LogP contribution in [-0.2, 0) is 4.79 Å². The van der Waals surface area contributed by atoms with Crippen LogP contribution in [0.15, 0.2) is 30.5 Å². The second-order valence-corrected chi connectivity index (χ2v) is 5.66. The van der Waals surface area contributed by atoms with Crippen LogP contribution in [0, 0.1) is 6.92 Å². The minimum Gasteiger partial charge on any atom is -0.496 e. The standard InChI is InChI=1S/C14H13ClN2O2S/c1-9-8-16-14(20-9)17-13(18)6-3-10-7-11(15)4-5-12(10)19-2/h3-8H,1-2H3,(H,16,17,18). The van der Waals surface area contributed by atoms with Gasteiger partial charge in [-0.2, -0.15) is 0 Å². The van der Waals surface area contributed by atoms with Gasteiger partial charge in [0.15, 0.2) is 5.13 Å². The van der Waals surface area contributed by atoms with Crippen LogP contribution in [-0.4, -0.2) is 18.0 Å². The van der Waals surface area contributed by atoms with Gasteiger partial charge in [-0.3, -0.25) is 10.1 Å². The minimum absolute atomic E-state index is 0.249. The van der Waals surface area contributed by atoms with Crippen LogP contribution < -0.4 is 10.1 Å². The SMILES string of the molecule is COc1ccc(Cl)cc1C=CC(=O)Nc1ncc(C)s1. The summed E-state index contributed by atoms with van der Waals surface area (Å²) < 4.78 is 5.20. The van der Waals surface area contributed by atoms with Gasteiger partial charge in [0.2, 0.25) is 5.91 Å². The second kappa shape index (κ2) is 6.54. The molecular weight excluding hydrogens is 296 g/mol. The summed E-state index contributed by atoms with van der Waals surface area (Å²) in [6.07, 6.45) is 4.79. The van der Waals surface area contributed by atoms with Gasteiger partial charge in [-0.05, 0) is 31.2 Å². The Hall–Kier alpha value is -1.85. The van der Waals surface area contributed by atoms with Crippen molar-refractivity contribution in [2.24, 2.45) is 0 Å². The number of amides is 1. The number of aromatic nitrogens is 1. The first-order valence-electron chi connectivity index (χ1n) is 5.83. The third-order valence-corrected chi connectivity index (χ3v) is 3.52. The highest BCUT2D eigenvalue weighted by Crippen LogP contribution is 2.24. The van der Waals surface area contributed by atoms with Crippen LogP contribution in [0.3, 0.4) is 0 Å². The van der Waals surface area contributed by atoms with E-state index in [4.69, 9.17) is 16.3 Å². The number of nitrogens with one attached hydrogen (secondary N) is 1. The first-order chi connectivity index (χ1) is 9.58. The predicted molar refractivity (Wildman–Crippen MR) is 82.5 cm³/mol. The van der Waals surface area contributed by atoms with E-state index in [0.717, 1.165) is 10.4 Å². The molecule has 0 unspecified atom stereocenters. The predicted octanol–water partition coefficient (Wildman–Crippen LogP) is 3.77. The number of carbonyl (C=O) groups is 1. The maximum Gasteiger partial charge on any atom is 0.250 e. The highest BCUT2D eigenvalue weighted by Gasteiger charge is 2.04. The van der Waals surface area contributed by atoms with Crippen molar-refractivity contribution in [3.8, 4) is 5.75 Å². The van der Waals surface area contributed by atoms with Gasteiger partial charge in [0.25, 0.3) is 0 Å². The number of aryl methyl sites for hydroxylation is 1. The first-order valence-corrected chi connectivity index (χ1v) is 7.03. The Kier molecular flexibility index (Phi) is 4.76. The van der Waals surface area contributed by atoms with E-state index in [0.29, 0.717) is 15.9 Å². The molecule has 0 atom stereocenters. The molecule has 1 N–H and O–H groups in total. The Labute approximate surface area is 126 Å². The van der Waals surface area contributed by atoms with Gasteiger partial charge in [-0.25, -0.2) is 4.98 Å². The van der Waals surface area contributed by atoms with Crippen LogP contribution in [0.4, 0.5) is 5.13 Å². The number of methoxy groups -OCH3 is 1. The molecule has 0 saturated heterocycles. The van der Waals surface area contributed by atoms with Crippen LogP contribution in [0.1, 0.15) is 10.4 Å². The smallest absolute Gasteiger partial charge is 0.250 e. The Balaban J connectivity index is 2.09. The van der Waals surface area contributed by atoms with E-state index >= 15 is 0 Å². The molecular formula is C14H13ClN2O2S. The quantitative estimate of drug-likeness (QED) is 0.875. The molecule has 104 valence electrons. The van der Waals surface area contributed by atoms with E-state index in [1.54, 1.807) is 37.6 Å². The second-order valence-electron chi connectivity index (χ2n) is 3.98. The largest absolute Gasteiger partial charge is 0.496 e. The summed E-state index contributed by atoms with van der Waals surface area (Å²) in [5, 5.41) is 3.86. The van der Waals surface area contributed by atoms with E-state index in [-0.39, 0.29) is 5.91 Å². The topological polar surface area (TPSA) is 51.2 Å². The maximum atomic E-state index is 11.8. The fourth-order valence-corrected chi connectivity index (χ4v) is 2.41. The van der Waals surface area contributed by atoms with Crippen LogP contribution >= 0.6 is 22.9 Å². The Morgan fingerprint density at radius 1 is 1.50 bits per heavy atom. The lowest BCUT2D eigenvalue weighted by Crippen LogP contribution is -2.07. The number of anilines is 1. The lowest BCUT2D eigenvalue weighted by Gasteiger charge is -2.04. The molecule has 0 fully saturated rings. The van der Waals surface area contributed by atoms with Crippen molar-refractivity contribution in [3.63, 3.8) is 0 Å². The maximum absolute atomic E-state index is 11.8. The number of ether oxygens (including phenoxy) is 1. The highest BCUT2D eigenvalue weighted by atomic mass is 35.5. The Morgan fingerprint density at radius 2 is 2.30 bits per heavy atom. The lowest BCUT2D eigenvalue weighted by atomic mass is 10.2. The number of carbonyl (C=O) groups excluding carboxylic acids is 1. The number of thiazole rings is 1. The molecule has 0 radical (unpaired) electrons. The number of hydrogen-bond acceptors (Lipinski definition) is 4. The summed E-state index contributed by atoms with van der Waals surface area (Å²) in [7, 11) is 1.57. The highest BCUT2D eigenvalue weighted by molar-refractivity contribution is 7.15. The summed E-state index contributed by atoms with van der Waals surface area (Å²) in [6.45, 7) is 1.93. The van der Waals surface area contributed by atoms with Crippen LogP contribution in [0.5, 0.6) is 5.75 Å². The molecule has 0 aliphatic carbocycles. The van der Waals surface area contributed by atoms with Gasteiger partial charge in [-0.1, -0.05) is 11.6 Å². The Morgan fingerprint density at radius 3 is 2.95 bits per heavy atom. The number of rotatable bonds is 4. The van der Waals surface area contributed by atoms with Gasteiger partial charge in [0.05, 0.1) is 7.11 Å². The van der Waals surface area contributed by atoms with Crippen molar-refractivity contribution in [3.05, 3.63) is 45.9 Å². The molecule has 0 aliphatic heterocycles. The summed E-state index contributed by atoms with van der Waals surface area (Å²) >= 11 is 7.35. The third kappa shape index (κ3) is 3.82. The van der Waals surface area contributed by atoms with Gasteiger partial charge >= 0.3 is 0 Å².